The zero-order chi connectivity index (χ0) is 18.7. The molecule has 7 heteroatoms. The summed E-state index contributed by atoms with van der Waals surface area (Å²) in [6.45, 7) is 9.29. The van der Waals surface area contributed by atoms with E-state index in [1.165, 1.54) is 12.1 Å². The van der Waals surface area contributed by atoms with Crippen molar-refractivity contribution < 1.29 is 9.47 Å². The zero-order valence-corrected chi connectivity index (χ0v) is 19.3. The van der Waals surface area contributed by atoms with Gasteiger partial charge in [-0.25, -0.2) is 0 Å². The molecule has 0 bridgehead atoms. The summed E-state index contributed by atoms with van der Waals surface area (Å²) in [6, 6.07) is 10.7. The van der Waals surface area contributed by atoms with Gasteiger partial charge in [-0.2, -0.15) is 0 Å². The first-order valence-electron chi connectivity index (χ1n) is 10.4. The van der Waals surface area contributed by atoms with Crippen LogP contribution in [0.3, 0.4) is 0 Å². The molecular weight excluding hydrogens is 467 g/mol. The second-order valence-electron chi connectivity index (χ2n) is 7.29. The summed E-state index contributed by atoms with van der Waals surface area (Å²) in [7, 11) is 0. The lowest BCUT2D eigenvalue weighted by atomic mass is 10.1. The summed E-state index contributed by atoms with van der Waals surface area (Å²) in [6.07, 6.45) is 3.50. The van der Waals surface area contributed by atoms with Gasteiger partial charge in [-0.05, 0) is 44.2 Å². The van der Waals surface area contributed by atoms with Crippen LogP contribution < -0.4 is 15.5 Å². The van der Waals surface area contributed by atoms with Gasteiger partial charge in [0.05, 0.1) is 12.7 Å². The van der Waals surface area contributed by atoms with Crippen LogP contribution in [0.4, 0.5) is 5.69 Å². The Morgan fingerprint density at radius 3 is 2.86 bits per heavy atom. The lowest BCUT2D eigenvalue weighted by Crippen LogP contribution is -2.38. The Morgan fingerprint density at radius 2 is 2.11 bits per heavy atom. The molecule has 0 amide bonds. The quantitative estimate of drug-likeness (QED) is 0.236. The van der Waals surface area contributed by atoms with Crippen LogP contribution in [0.1, 0.15) is 26.2 Å². The van der Waals surface area contributed by atoms with Gasteiger partial charge in [-0.3, -0.25) is 4.99 Å². The normalized spacial score (nSPS) is 22.2. The highest BCUT2D eigenvalue weighted by Crippen LogP contribution is 2.23. The summed E-state index contributed by atoms with van der Waals surface area (Å²) in [5.41, 5.74) is 1.32. The summed E-state index contributed by atoms with van der Waals surface area (Å²) >= 11 is 0. The number of para-hydroxylation sites is 1. The molecule has 1 aromatic carbocycles. The van der Waals surface area contributed by atoms with Crippen LogP contribution in [0.2, 0.25) is 0 Å². The van der Waals surface area contributed by atoms with Crippen molar-refractivity contribution >= 4 is 35.6 Å². The Kier molecular flexibility index (Phi) is 11.0. The molecule has 0 aromatic heterocycles. The van der Waals surface area contributed by atoms with Crippen molar-refractivity contribution in [1.29, 1.82) is 0 Å². The molecule has 0 saturated carbocycles. The fourth-order valence-electron chi connectivity index (χ4n) is 3.59. The largest absolute Gasteiger partial charge is 0.379 e. The van der Waals surface area contributed by atoms with Crippen molar-refractivity contribution in [2.75, 3.05) is 57.4 Å². The SMILES string of the molecule is CCNC(=NCC1CCN(c2ccccc2)C1)NCCCOC1CCOC1.I. The molecule has 2 saturated heterocycles. The minimum absolute atomic E-state index is 0. The van der Waals surface area contributed by atoms with Gasteiger partial charge in [0, 0.05) is 51.6 Å². The van der Waals surface area contributed by atoms with Crippen molar-refractivity contribution in [2.24, 2.45) is 10.9 Å². The van der Waals surface area contributed by atoms with Crippen LogP contribution in [-0.4, -0.2) is 64.6 Å². The molecule has 6 nitrogen and oxygen atoms in total. The number of guanidine groups is 1. The van der Waals surface area contributed by atoms with E-state index in [-0.39, 0.29) is 24.0 Å². The van der Waals surface area contributed by atoms with Crippen LogP contribution in [0.25, 0.3) is 0 Å². The molecule has 0 spiro atoms. The third-order valence-corrected chi connectivity index (χ3v) is 5.11. The van der Waals surface area contributed by atoms with Crippen molar-refractivity contribution in [3.05, 3.63) is 30.3 Å². The first kappa shape index (κ1) is 23.2. The minimum atomic E-state index is 0. The molecule has 2 aliphatic rings. The number of hydrogen-bond acceptors (Lipinski definition) is 4. The van der Waals surface area contributed by atoms with E-state index in [9.17, 15) is 0 Å². The molecule has 28 heavy (non-hydrogen) atoms. The topological polar surface area (TPSA) is 58.1 Å². The third-order valence-electron chi connectivity index (χ3n) is 5.11. The highest BCUT2D eigenvalue weighted by molar-refractivity contribution is 14.0. The third kappa shape index (κ3) is 7.75. The second-order valence-corrected chi connectivity index (χ2v) is 7.29. The van der Waals surface area contributed by atoms with E-state index in [0.717, 1.165) is 71.3 Å². The summed E-state index contributed by atoms with van der Waals surface area (Å²) < 4.78 is 11.1. The molecule has 2 aliphatic heterocycles. The van der Waals surface area contributed by atoms with E-state index < -0.39 is 0 Å². The van der Waals surface area contributed by atoms with Gasteiger partial charge in [0.1, 0.15) is 0 Å². The lowest BCUT2D eigenvalue weighted by molar-refractivity contribution is 0.0420. The van der Waals surface area contributed by atoms with Crippen molar-refractivity contribution in [2.45, 2.75) is 32.3 Å². The smallest absolute Gasteiger partial charge is 0.191 e. The highest BCUT2D eigenvalue weighted by Gasteiger charge is 2.22. The number of aliphatic imine (C=N–C) groups is 1. The van der Waals surface area contributed by atoms with Crippen LogP contribution in [0.5, 0.6) is 0 Å². The van der Waals surface area contributed by atoms with Gasteiger partial charge >= 0.3 is 0 Å². The van der Waals surface area contributed by atoms with Gasteiger partial charge < -0.3 is 25.0 Å². The van der Waals surface area contributed by atoms with E-state index in [1.807, 2.05) is 0 Å². The molecule has 2 N–H and O–H groups in total. The maximum absolute atomic E-state index is 5.81. The van der Waals surface area contributed by atoms with Crippen LogP contribution >= 0.6 is 24.0 Å². The van der Waals surface area contributed by atoms with Gasteiger partial charge in [0.15, 0.2) is 5.96 Å². The van der Waals surface area contributed by atoms with E-state index >= 15 is 0 Å². The van der Waals surface area contributed by atoms with Gasteiger partial charge in [0.25, 0.3) is 0 Å². The molecule has 2 unspecified atom stereocenters. The molecule has 0 radical (unpaired) electrons. The van der Waals surface area contributed by atoms with Crippen molar-refractivity contribution in [1.82, 2.24) is 10.6 Å². The first-order valence-corrected chi connectivity index (χ1v) is 10.4. The Hall–Kier alpha value is -1.06. The van der Waals surface area contributed by atoms with E-state index in [1.54, 1.807) is 0 Å². The van der Waals surface area contributed by atoms with Crippen molar-refractivity contribution in [3.8, 4) is 0 Å². The number of nitrogens with one attached hydrogen (secondary N) is 2. The maximum Gasteiger partial charge on any atom is 0.191 e. The predicted octanol–water partition coefficient (Wildman–Crippen LogP) is 2.88. The molecule has 2 heterocycles. The number of anilines is 1. The molecule has 3 rings (SSSR count). The van der Waals surface area contributed by atoms with E-state index in [2.05, 4.69) is 52.8 Å². The molecule has 0 aliphatic carbocycles. The Balaban J connectivity index is 0.00000280. The lowest BCUT2D eigenvalue weighted by Gasteiger charge is -2.18. The number of halogens is 1. The average molecular weight is 502 g/mol. The number of hydrogen-bond donors (Lipinski definition) is 2. The first-order chi connectivity index (χ1) is 13.3. The van der Waals surface area contributed by atoms with E-state index in [4.69, 9.17) is 14.5 Å². The van der Waals surface area contributed by atoms with E-state index in [0.29, 0.717) is 12.0 Å². The van der Waals surface area contributed by atoms with Crippen LogP contribution in [-0.2, 0) is 9.47 Å². The number of benzene rings is 1. The van der Waals surface area contributed by atoms with Gasteiger partial charge in [-0.15, -0.1) is 24.0 Å². The molecule has 2 fully saturated rings. The Morgan fingerprint density at radius 1 is 1.25 bits per heavy atom. The monoisotopic (exact) mass is 502 g/mol. The average Bonchev–Trinajstić information content (AvgIpc) is 3.38. The Labute approximate surface area is 186 Å². The van der Waals surface area contributed by atoms with Crippen LogP contribution in [0, 0.1) is 5.92 Å². The second kappa shape index (κ2) is 13.2. The number of ether oxygens (including phenoxy) is 2. The molecule has 158 valence electrons. The fourth-order valence-corrected chi connectivity index (χ4v) is 3.59. The van der Waals surface area contributed by atoms with Gasteiger partial charge in [-0.1, -0.05) is 18.2 Å². The Bertz CT molecular complexity index is 567. The predicted molar refractivity (Wildman–Crippen MR) is 126 cm³/mol. The molecule has 2 atom stereocenters. The summed E-state index contributed by atoms with van der Waals surface area (Å²) in [4.78, 5) is 7.27. The zero-order valence-electron chi connectivity index (χ0n) is 16.9. The molecule has 1 aromatic rings. The van der Waals surface area contributed by atoms with Gasteiger partial charge in [0.2, 0.25) is 0 Å². The van der Waals surface area contributed by atoms with Crippen LogP contribution in [0.15, 0.2) is 35.3 Å². The maximum atomic E-state index is 5.81. The minimum Gasteiger partial charge on any atom is -0.379 e. The standard InChI is InChI=1S/C21H34N4O2.HI/c1-2-22-21(23-11-6-13-27-20-10-14-26-17-20)24-15-18-9-12-25(16-18)19-7-4-3-5-8-19;/h3-5,7-8,18,20H,2,6,9-17H2,1H3,(H2,22,23,24);1H. The highest BCUT2D eigenvalue weighted by atomic mass is 127. The molecular formula is C21H35IN4O2. The summed E-state index contributed by atoms with van der Waals surface area (Å²) in [5.74, 6) is 1.53. The summed E-state index contributed by atoms with van der Waals surface area (Å²) in [5, 5.41) is 6.77. The number of nitrogens with zero attached hydrogens (tertiary/aromatic N) is 2. The van der Waals surface area contributed by atoms with Crippen molar-refractivity contribution in [3.63, 3.8) is 0 Å². The fraction of sp³-hybridized carbons (Fsp3) is 0.667. The number of rotatable bonds is 9.